The van der Waals surface area contributed by atoms with E-state index in [4.69, 9.17) is 0 Å². The summed E-state index contributed by atoms with van der Waals surface area (Å²) >= 11 is 0. The Bertz CT molecular complexity index is 206. The lowest BCUT2D eigenvalue weighted by atomic mass is 10.0. The van der Waals surface area contributed by atoms with Crippen molar-refractivity contribution in [1.82, 2.24) is 15.1 Å². The van der Waals surface area contributed by atoms with Crippen LogP contribution < -0.4 is 5.32 Å². The van der Waals surface area contributed by atoms with E-state index < -0.39 is 0 Å². The van der Waals surface area contributed by atoms with Gasteiger partial charge in [-0.2, -0.15) is 0 Å². The molecule has 0 saturated carbocycles. The third kappa shape index (κ3) is 5.36. The Balaban J connectivity index is 2.36. The van der Waals surface area contributed by atoms with Gasteiger partial charge in [-0.25, -0.2) is 0 Å². The number of nitrogens with one attached hydrogen (secondary N) is 1. The minimum atomic E-state index is 0.597. The molecule has 1 fully saturated rings. The minimum absolute atomic E-state index is 0.597. The standard InChI is InChI=1S/C14H31N3/c1-12(2)15-11-13(3)14(4)17-8-6-7-16(5)9-10-17/h12-15H,6-11H2,1-5H3. The molecule has 1 rings (SSSR count). The fraction of sp³-hybridized carbons (Fsp3) is 1.00. The van der Waals surface area contributed by atoms with Crippen LogP contribution in [0.5, 0.6) is 0 Å². The maximum atomic E-state index is 3.55. The molecular formula is C14H31N3. The molecule has 0 amide bonds. The van der Waals surface area contributed by atoms with Gasteiger partial charge in [0.25, 0.3) is 0 Å². The summed E-state index contributed by atoms with van der Waals surface area (Å²) in [5.74, 6) is 0.723. The van der Waals surface area contributed by atoms with Crippen molar-refractivity contribution in [3.63, 3.8) is 0 Å². The van der Waals surface area contributed by atoms with E-state index in [0.29, 0.717) is 12.1 Å². The third-order valence-corrected chi connectivity index (χ3v) is 4.00. The molecule has 0 aromatic carbocycles. The summed E-state index contributed by atoms with van der Waals surface area (Å²) in [6.45, 7) is 15.3. The van der Waals surface area contributed by atoms with Gasteiger partial charge in [-0.15, -0.1) is 0 Å². The quantitative estimate of drug-likeness (QED) is 0.789. The van der Waals surface area contributed by atoms with Gasteiger partial charge in [-0.1, -0.05) is 20.8 Å². The van der Waals surface area contributed by atoms with Crippen LogP contribution >= 0.6 is 0 Å². The summed E-state index contributed by atoms with van der Waals surface area (Å²) in [7, 11) is 2.23. The van der Waals surface area contributed by atoms with Crippen LogP contribution in [0.3, 0.4) is 0 Å². The van der Waals surface area contributed by atoms with Crippen molar-refractivity contribution >= 4 is 0 Å². The molecule has 1 N–H and O–H groups in total. The van der Waals surface area contributed by atoms with Crippen LogP contribution in [0.15, 0.2) is 0 Å². The van der Waals surface area contributed by atoms with Gasteiger partial charge in [0.1, 0.15) is 0 Å². The van der Waals surface area contributed by atoms with Crippen molar-refractivity contribution in [2.24, 2.45) is 5.92 Å². The number of likely N-dealkylation sites (N-methyl/N-ethyl adjacent to an activating group) is 1. The molecule has 0 aromatic rings. The van der Waals surface area contributed by atoms with Gasteiger partial charge in [0.05, 0.1) is 0 Å². The molecule has 0 aromatic heterocycles. The molecule has 1 heterocycles. The maximum Gasteiger partial charge on any atom is 0.0112 e. The summed E-state index contributed by atoms with van der Waals surface area (Å²) in [4.78, 5) is 5.11. The van der Waals surface area contributed by atoms with Crippen LogP contribution in [0.25, 0.3) is 0 Å². The fourth-order valence-corrected chi connectivity index (χ4v) is 2.43. The molecule has 3 nitrogen and oxygen atoms in total. The van der Waals surface area contributed by atoms with Crippen LogP contribution in [0.1, 0.15) is 34.1 Å². The van der Waals surface area contributed by atoms with E-state index in [-0.39, 0.29) is 0 Å². The Morgan fingerprint density at radius 2 is 1.71 bits per heavy atom. The second-order valence-electron chi connectivity index (χ2n) is 5.97. The van der Waals surface area contributed by atoms with Crippen LogP contribution in [-0.4, -0.2) is 61.7 Å². The van der Waals surface area contributed by atoms with Crippen molar-refractivity contribution in [2.45, 2.75) is 46.2 Å². The van der Waals surface area contributed by atoms with Gasteiger partial charge in [0, 0.05) is 25.2 Å². The second kappa shape index (κ2) is 7.34. The van der Waals surface area contributed by atoms with E-state index in [9.17, 15) is 0 Å². The molecule has 17 heavy (non-hydrogen) atoms. The number of hydrogen-bond acceptors (Lipinski definition) is 3. The average molecular weight is 241 g/mol. The molecule has 1 aliphatic heterocycles. The van der Waals surface area contributed by atoms with E-state index in [2.05, 4.69) is 49.9 Å². The van der Waals surface area contributed by atoms with E-state index >= 15 is 0 Å². The predicted molar refractivity (Wildman–Crippen MR) is 75.5 cm³/mol. The Labute approximate surface area is 108 Å². The van der Waals surface area contributed by atoms with Gasteiger partial charge in [-0.3, -0.25) is 4.90 Å². The lowest BCUT2D eigenvalue weighted by Gasteiger charge is -2.32. The lowest BCUT2D eigenvalue weighted by molar-refractivity contribution is 0.163. The van der Waals surface area contributed by atoms with Crippen LogP contribution in [0.4, 0.5) is 0 Å². The van der Waals surface area contributed by atoms with Crippen molar-refractivity contribution in [3.8, 4) is 0 Å². The van der Waals surface area contributed by atoms with Gasteiger partial charge >= 0.3 is 0 Å². The largest absolute Gasteiger partial charge is 0.314 e. The van der Waals surface area contributed by atoms with Crippen molar-refractivity contribution in [2.75, 3.05) is 39.8 Å². The van der Waals surface area contributed by atoms with Gasteiger partial charge in [-0.05, 0) is 45.9 Å². The molecule has 2 unspecified atom stereocenters. The predicted octanol–water partition coefficient (Wildman–Crippen LogP) is 1.65. The first-order valence-corrected chi connectivity index (χ1v) is 7.16. The van der Waals surface area contributed by atoms with Gasteiger partial charge in [0.2, 0.25) is 0 Å². The minimum Gasteiger partial charge on any atom is -0.314 e. The Hall–Kier alpha value is -0.120. The molecule has 1 saturated heterocycles. The first-order valence-electron chi connectivity index (χ1n) is 7.16. The summed E-state index contributed by atoms with van der Waals surface area (Å²) in [5, 5.41) is 3.55. The monoisotopic (exact) mass is 241 g/mol. The van der Waals surface area contributed by atoms with Gasteiger partial charge in [0.15, 0.2) is 0 Å². The first-order chi connectivity index (χ1) is 8.00. The second-order valence-corrected chi connectivity index (χ2v) is 5.97. The van der Waals surface area contributed by atoms with Crippen LogP contribution in [0.2, 0.25) is 0 Å². The summed E-state index contributed by atoms with van der Waals surface area (Å²) < 4.78 is 0. The third-order valence-electron chi connectivity index (χ3n) is 4.00. The maximum absolute atomic E-state index is 3.55. The fourth-order valence-electron chi connectivity index (χ4n) is 2.43. The SMILES string of the molecule is CC(C)NCC(C)C(C)N1CCCN(C)CC1. The molecule has 0 radical (unpaired) electrons. The smallest absolute Gasteiger partial charge is 0.0112 e. The molecule has 0 bridgehead atoms. The van der Waals surface area contributed by atoms with Crippen molar-refractivity contribution < 1.29 is 0 Å². The summed E-state index contributed by atoms with van der Waals surface area (Å²) in [6.07, 6.45) is 1.31. The van der Waals surface area contributed by atoms with E-state index in [1.54, 1.807) is 0 Å². The zero-order valence-corrected chi connectivity index (χ0v) is 12.4. The average Bonchev–Trinajstić information content (AvgIpc) is 2.49. The highest BCUT2D eigenvalue weighted by Gasteiger charge is 2.21. The first kappa shape index (κ1) is 14.9. The van der Waals surface area contributed by atoms with Crippen LogP contribution in [0, 0.1) is 5.92 Å². The normalized spacial score (nSPS) is 23.6. The topological polar surface area (TPSA) is 18.5 Å². The van der Waals surface area contributed by atoms with Crippen LogP contribution in [-0.2, 0) is 0 Å². The molecule has 2 atom stereocenters. The number of hydrogen-bond donors (Lipinski definition) is 1. The summed E-state index contributed by atoms with van der Waals surface area (Å²) in [6, 6.07) is 1.28. The molecule has 0 aliphatic carbocycles. The highest BCUT2D eigenvalue weighted by atomic mass is 15.2. The van der Waals surface area contributed by atoms with E-state index in [1.807, 2.05) is 0 Å². The van der Waals surface area contributed by atoms with E-state index in [1.165, 1.54) is 32.6 Å². The number of rotatable bonds is 5. The van der Waals surface area contributed by atoms with Crippen molar-refractivity contribution in [1.29, 1.82) is 0 Å². The zero-order chi connectivity index (χ0) is 12.8. The molecule has 102 valence electrons. The van der Waals surface area contributed by atoms with Crippen molar-refractivity contribution in [3.05, 3.63) is 0 Å². The van der Waals surface area contributed by atoms with E-state index in [0.717, 1.165) is 12.5 Å². The molecular weight excluding hydrogens is 210 g/mol. The highest BCUT2D eigenvalue weighted by molar-refractivity contribution is 4.78. The Morgan fingerprint density at radius 1 is 1.00 bits per heavy atom. The molecule has 1 aliphatic rings. The number of nitrogens with zero attached hydrogens (tertiary/aromatic N) is 2. The zero-order valence-electron chi connectivity index (χ0n) is 12.4. The lowest BCUT2D eigenvalue weighted by Crippen LogP contribution is -2.43. The Kier molecular flexibility index (Phi) is 6.45. The molecule has 3 heteroatoms. The highest BCUT2D eigenvalue weighted by Crippen LogP contribution is 2.13. The van der Waals surface area contributed by atoms with Gasteiger partial charge < -0.3 is 10.2 Å². The molecule has 0 spiro atoms. The summed E-state index contributed by atoms with van der Waals surface area (Å²) in [5.41, 5.74) is 0. The Morgan fingerprint density at radius 3 is 2.35 bits per heavy atom.